The maximum Gasteiger partial charge on any atom is 0.127 e. The van der Waals surface area contributed by atoms with Crippen LogP contribution < -0.4 is 5.32 Å². The zero-order chi connectivity index (χ0) is 12.7. The lowest BCUT2D eigenvalue weighted by molar-refractivity contribution is 0.312. The third-order valence-electron chi connectivity index (χ3n) is 2.66. The van der Waals surface area contributed by atoms with Gasteiger partial charge in [-0.3, -0.25) is 0 Å². The summed E-state index contributed by atoms with van der Waals surface area (Å²) >= 11 is 0. The van der Waals surface area contributed by atoms with Crippen molar-refractivity contribution in [2.24, 2.45) is 0 Å². The van der Waals surface area contributed by atoms with Crippen molar-refractivity contribution < 1.29 is 8.78 Å². The molecule has 1 N–H and O–H groups in total. The molecule has 2 nitrogen and oxygen atoms in total. The van der Waals surface area contributed by atoms with Gasteiger partial charge in [-0.05, 0) is 58.2 Å². The van der Waals surface area contributed by atoms with E-state index in [1.54, 1.807) is 0 Å². The Labute approximate surface area is 102 Å². The largest absolute Gasteiger partial charge is 0.320 e. The molecule has 17 heavy (non-hydrogen) atoms. The number of nitrogens with one attached hydrogen (secondary N) is 1. The molecule has 0 amide bonds. The van der Waals surface area contributed by atoms with Crippen LogP contribution in [0.15, 0.2) is 18.2 Å². The van der Waals surface area contributed by atoms with Gasteiger partial charge in [0, 0.05) is 12.1 Å². The molecule has 0 aromatic heterocycles. The van der Waals surface area contributed by atoms with E-state index in [4.69, 9.17) is 0 Å². The Morgan fingerprint density at radius 1 is 1.24 bits per heavy atom. The average molecular weight is 242 g/mol. The zero-order valence-corrected chi connectivity index (χ0v) is 10.5. The molecular weight excluding hydrogens is 222 g/mol. The lowest BCUT2D eigenvalue weighted by atomic mass is 10.2. The minimum atomic E-state index is -0.384. The predicted molar refractivity (Wildman–Crippen MR) is 65.9 cm³/mol. The maximum absolute atomic E-state index is 13.4. The average Bonchev–Trinajstić information content (AvgIpc) is 2.29. The first-order valence-electron chi connectivity index (χ1n) is 5.90. The summed E-state index contributed by atoms with van der Waals surface area (Å²) in [4.78, 5) is 2.01. The van der Waals surface area contributed by atoms with E-state index in [9.17, 15) is 8.78 Å². The predicted octanol–water partition coefficient (Wildman–Crippen LogP) is 2.40. The van der Waals surface area contributed by atoms with Crippen LogP contribution in [0.4, 0.5) is 8.78 Å². The molecule has 0 aliphatic carbocycles. The van der Waals surface area contributed by atoms with Crippen molar-refractivity contribution in [3.05, 3.63) is 35.4 Å². The van der Waals surface area contributed by atoms with Gasteiger partial charge < -0.3 is 10.2 Å². The van der Waals surface area contributed by atoms with Crippen molar-refractivity contribution in [3.63, 3.8) is 0 Å². The number of hydrogen-bond donors (Lipinski definition) is 1. The highest BCUT2D eigenvalue weighted by Gasteiger charge is 2.06. The van der Waals surface area contributed by atoms with Crippen molar-refractivity contribution in [1.29, 1.82) is 0 Å². The molecule has 0 atom stereocenters. The Kier molecular flexibility index (Phi) is 6.08. The number of unbranched alkanes of at least 4 members (excludes halogenated alkanes) is 1. The Morgan fingerprint density at radius 2 is 2.00 bits per heavy atom. The van der Waals surface area contributed by atoms with E-state index in [0.717, 1.165) is 32.0 Å². The fourth-order valence-corrected chi connectivity index (χ4v) is 1.72. The quantitative estimate of drug-likeness (QED) is 0.739. The smallest absolute Gasteiger partial charge is 0.127 e. The third kappa shape index (κ3) is 5.24. The van der Waals surface area contributed by atoms with Crippen LogP contribution in [0.2, 0.25) is 0 Å². The Balaban J connectivity index is 2.39. The van der Waals surface area contributed by atoms with Crippen molar-refractivity contribution >= 4 is 0 Å². The standard InChI is InChI=1S/C13H20F2N2/c1-16-7-3-4-8-17(2)10-11-9-12(14)5-6-13(11)15/h5-6,9,16H,3-4,7-8,10H2,1-2H3. The third-order valence-corrected chi connectivity index (χ3v) is 2.66. The fourth-order valence-electron chi connectivity index (χ4n) is 1.72. The van der Waals surface area contributed by atoms with Gasteiger partial charge in [-0.2, -0.15) is 0 Å². The first kappa shape index (κ1) is 14.1. The highest BCUT2D eigenvalue weighted by atomic mass is 19.1. The second-order valence-electron chi connectivity index (χ2n) is 4.28. The summed E-state index contributed by atoms with van der Waals surface area (Å²) in [6.07, 6.45) is 2.14. The molecule has 1 aromatic carbocycles. The molecule has 0 saturated carbocycles. The monoisotopic (exact) mass is 242 g/mol. The van der Waals surface area contributed by atoms with Gasteiger partial charge >= 0.3 is 0 Å². The Bertz CT molecular complexity index is 342. The molecule has 0 aliphatic heterocycles. The molecule has 0 spiro atoms. The first-order valence-corrected chi connectivity index (χ1v) is 5.90. The van der Waals surface area contributed by atoms with Gasteiger partial charge in [-0.15, -0.1) is 0 Å². The second kappa shape index (κ2) is 7.35. The van der Waals surface area contributed by atoms with Crippen molar-refractivity contribution in [3.8, 4) is 0 Å². The van der Waals surface area contributed by atoms with E-state index in [1.165, 1.54) is 12.1 Å². The van der Waals surface area contributed by atoms with Crippen LogP contribution in [0.3, 0.4) is 0 Å². The van der Waals surface area contributed by atoms with Crippen LogP contribution in [0.25, 0.3) is 0 Å². The minimum Gasteiger partial charge on any atom is -0.320 e. The van der Waals surface area contributed by atoms with Crippen LogP contribution >= 0.6 is 0 Å². The maximum atomic E-state index is 13.4. The van der Waals surface area contributed by atoms with Gasteiger partial charge in [-0.25, -0.2) is 8.78 Å². The minimum absolute atomic E-state index is 0.339. The molecule has 0 unspecified atom stereocenters. The van der Waals surface area contributed by atoms with Gasteiger partial charge in [0.2, 0.25) is 0 Å². The summed E-state index contributed by atoms with van der Waals surface area (Å²) in [5.74, 6) is -0.724. The van der Waals surface area contributed by atoms with Crippen molar-refractivity contribution in [1.82, 2.24) is 10.2 Å². The highest BCUT2D eigenvalue weighted by molar-refractivity contribution is 5.18. The van der Waals surface area contributed by atoms with Crippen molar-refractivity contribution in [2.75, 3.05) is 27.2 Å². The molecular formula is C13H20F2N2. The van der Waals surface area contributed by atoms with Gasteiger partial charge in [0.25, 0.3) is 0 Å². The first-order chi connectivity index (χ1) is 8.13. The van der Waals surface area contributed by atoms with Gasteiger partial charge in [0.05, 0.1) is 0 Å². The molecule has 96 valence electrons. The SMILES string of the molecule is CNCCCCN(C)Cc1cc(F)ccc1F. The molecule has 0 saturated heterocycles. The lowest BCUT2D eigenvalue weighted by Gasteiger charge is -2.17. The van der Waals surface area contributed by atoms with E-state index < -0.39 is 0 Å². The molecule has 1 rings (SSSR count). The van der Waals surface area contributed by atoms with E-state index in [2.05, 4.69) is 5.32 Å². The van der Waals surface area contributed by atoms with E-state index in [-0.39, 0.29) is 11.6 Å². The lowest BCUT2D eigenvalue weighted by Crippen LogP contribution is -2.21. The van der Waals surface area contributed by atoms with Crippen LogP contribution in [0.1, 0.15) is 18.4 Å². The fraction of sp³-hybridized carbons (Fsp3) is 0.538. The summed E-state index contributed by atoms with van der Waals surface area (Å²) in [6, 6.07) is 3.59. The summed E-state index contributed by atoms with van der Waals surface area (Å²) in [7, 11) is 3.84. The number of halogens is 2. The molecule has 0 radical (unpaired) electrons. The molecule has 0 bridgehead atoms. The van der Waals surface area contributed by atoms with Crippen molar-refractivity contribution in [2.45, 2.75) is 19.4 Å². The van der Waals surface area contributed by atoms with E-state index in [0.29, 0.717) is 12.1 Å². The number of nitrogens with zero attached hydrogens (tertiary/aromatic N) is 1. The van der Waals surface area contributed by atoms with Gasteiger partial charge in [-0.1, -0.05) is 0 Å². The van der Waals surface area contributed by atoms with Crippen LogP contribution in [0, 0.1) is 11.6 Å². The topological polar surface area (TPSA) is 15.3 Å². The zero-order valence-electron chi connectivity index (χ0n) is 10.5. The molecule has 0 heterocycles. The summed E-state index contributed by atoms with van der Waals surface area (Å²) < 4.78 is 26.3. The Hall–Kier alpha value is -1.00. The van der Waals surface area contributed by atoms with E-state index >= 15 is 0 Å². The molecule has 0 fully saturated rings. The number of hydrogen-bond acceptors (Lipinski definition) is 2. The molecule has 1 aromatic rings. The number of rotatable bonds is 7. The summed E-state index contributed by atoms with van der Waals surface area (Å²) in [5.41, 5.74) is 0.418. The summed E-state index contributed by atoms with van der Waals surface area (Å²) in [5, 5.41) is 3.08. The van der Waals surface area contributed by atoms with Crippen LogP contribution in [-0.4, -0.2) is 32.1 Å². The van der Waals surface area contributed by atoms with Crippen LogP contribution in [-0.2, 0) is 6.54 Å². The normalized spacial score (nSPS) is 11.1. The molecule has 4 heteroatoms. The second-order valence-corrected chi connectivity index (χ2v) is 4.28. The summed E-state index contributed by atoms with van der Waals surface area (Å²) in [6.45, 7) is 2.32. The molecule has 0 aliphatic rings. The van der Waals surface area contributed by atoms with Gasteiger partial charge in [0.1, 0.15) is 11.6 Å². The van der Waals surface area contributed by atoms with E-state index in [1.807, 2.05) is 19.0 Å². The van der Waals surface area contributed by atoms with Gasteiger partial charge in [0.15, 0.2) is 0 Å². The number of benzene rings is 1. The Morgan fingerprint density at radius 3 is 2.71 bits per heavy atom. The highest BCUT2D eigenvalue weighted by Crippen LogP contribution is 2.11. The van der Waals surface area contributed by atoms with Crippen LogP contribution in [0.5, 0.6) is 0 Å².